The summed E-state index contributed by atoms with van der Waals surface area (Å²) in [4.78, 5) is 0. The molecular formula is C16H22BrNO. The Hall–Kier alpha value is -0.540. The topological polar surface area (TPSA) is 21.3 Å². The van der Waals surface area contributed by atoms with Gasteiger partial charge in [0.2, 0.25) is 0 Å². The maximum absolute atomic E-state index is 5.99. The van der Waals surface area contributed by atoms with Crippen LogP contribution < -0.4 is 10.1 Å². The van der Waals surface area contributed by atoms with E-state index in [2.05, 4.69) is 47.2 Å². The zero-order chi connectivity index (χ0) is 13.5. The van der Waals surface area contributed by atoms with Crippen molar-refractivity contribution < 1.29 is 4.74 Å². The summed E-state index contributed by atoms with van der Waals surface area (Å²) < 4.78 is 7.13. The molecule has 104 valence electrons. The minimum Gasteiger partial charge on any atom is -0.488 e. The molecule has 1 fully saturated rings. The first-order valence-electron chi connectivity index (χ1n) is 7.20. The summed E-state index contributed by atoms with van der Waals surface area (Å²) in [5.74, 6) is 1.06. The fourth-order valence-corrected chi connectivity index (χ4v) is 3.72. The highest BCUT2D eigenvalue weighted by atomic mass is 79.9. The first kappa shape index (κ1) is 13.4. The van der Waals surface area contributed by atoms with E-state index < -0.39 is 0 Å². The summed E-state index contributed by atoms with van der Waals surface area (Å²) in [6.45, 7) is 5.70. The highest BCUT2D eigenvalue weighted by Gasteiger charge is 2.31. The summed E-state index contributed by atoms with van der Waals surface area (Å²) in [6, 6.07) is 6.97. The highest BCUT2D eigenvalue weighted by Crippen LogP contribution is 2.37. The Morgan fingerprint density at radius 3 is 3.00 bits per heavy atom. The van der Waals surface area contributed by atoms with Crippen molar-refractivity contribution in [2.45, 2.75) is 51.7 Å². The highest BCUT2D eigenvalue weighted by molar-refractivity contribution is 9.10. The third-order valence-corrected chi connectivity index (χ3v) is 4.86. The second kappa shape index (κ2) is 5.10. The van der Waals surface area contributed by atoms with Crippen LogP contribution in [-0.2, 0) is 6.42 Å². The Morgan fingerprint density at radius 1 is 1.42 bits per heavy atom. The maximum atomic E-state index is 5.99. The van der Waals surface area contributed by atoms with Crippen LogP contribution in [0.4, 0.5) is 0 Å². The molecule has 2 nitrogen and oxygen atoms in total. The molecule has 1 saturated carbocycles. The van der Waals surface area contributed by atoms with E-state index in [0.29, 0.717) is 17.6 Å². The molecule has 2 unspecified atom stereocenters. The molecule has 2 atom stereocenters. The molecule has 3 heteroatoms. The van der Waals surface area contributed by atoms with Crippen LogP contribution in [0, 0.1) is 5.41 Å². The zero-order valence-electron chi connectivity index (χ0n) is 11.7. The molecule has 1 aromatic rings. The second-order valence-electron chi connectivity index (χ2n) is 6.71. The third kappa shape index (κ3) is 3.14. The van der Waals surface area contributed by atoms with E-state index in [1.807, 2.05) is 6.07 Å². The van der Waals surface area contributed by atoms with Gasteiger partial charge < -0.3 is 10.1 Å². The van der Waals surface area contributed by atoms with Gasteiger partial charge >= 0.3 is 0 Å². The van der Waals surface area contributed by atoms with Crippen LogP contribution in [0.3, 0.4) is 0 Å². The van der Waals surface area contributed by atoms with Gasteiger partial charge in [0.25, 0.3) is 0 Å². The van der Waals surface area contributed by atoms with Gasteiger partial charge in [-0.2, -0.15) is 0 Å². The normalized spacial score (nSPS) is 28.2. The van der Waals surface area contributed by atoms with Crippen molar-refractivity contribution in [2.75, 3.05) is 6.54 Å². The fourth-order valence-electron chi connectivity index (χ4n) is 3.31. The van der Waals surface area contributed by atoms with E-state index in [4.69, 9.17) is 4.74 Å². The van der Waals surface area contributed by atoms with Crippen LogP contribution in [-0.4, -0.2) is 18.7 Å². The van der Waals surface area contributed by atoms with Gasteiger partial charge in [-0.25, -0.2) is 0 Å². The van der Waals surface area contributed by atoms with E-state index in [1.165, 1.54) is 24.8 Å². The molecule has 1 aliphatic carbocycles. The van der Waals surface area contributed by atoms with Crippen molar-refractivity contribution in [1.29, 1.82) is 0 Å². The minimum atomic E-state index is 0.299. The lowest BCUT2D eigenvalue weighted by Gasteiger charge is -2.19. The van der Waals surface area contributed by atoms with Gasteiger partial charge in [-0.15, -0.1) is 0 Å². The number of benzene rings is 1. The van der Waals surface area contributed by atoms with Crippen LogP contribution in [0.15, 0.2) is 22.7 Å². The Labute approximate surface area is 124 Å². The summed E-state index contributed by atoms with van der Waals surface area (Å²) in [6.07, 6.45) is 5.26. The fraction of sp³-hybridized carbons (Fsp3) is 0.625. The lowest BCUT2D eigenvalue weighted by atomic mass is 9.92. The number of rotatable bonds is 3. The first-order chi connectivity index (χ1) is 9.02. The molecule has 0 aromatic heterocycles. The molecule has 0 amide bonds. The molecule has 0 bridgehead atoms. The SMILES string of the molecule is CC1(C)CCC(NCC2Cc3cc(Br)ccc3O2)C1. The van der Waals surface area contributed by atoms with Gasteiger partial charge in [-0.3, -0.25) is 0 Å². The van der Waals surface area contributed by atoms with Crippen LogP contribution in [0.2, 0.25) is 0 Å². The molecule has 0 saturated heterocycles. The molecule has 0 spiro atoms. The number of hydrogen-bond acceptors (Lipinski definition) is 2. The number of halogens is 1. The van der Waals surface area contributed by atoms with E-state index in [9.17, 15) is 0 Å². The van der Waals surface area contributed by atoms with Gasteiger partial charge in [0, 0.05) is 23.5 Å². The molecule has 2 aliphatic rings. The number of ether oxygens (including phenoxy) is 1. The van der Waals surface area contributed by atoms with Crippen molar-refractivity contribution in [3.8, 4) is 5.75 Å². The summed E-state index contributed by atoms with van der Waals surface area (Å²) in [5, 5.41) is 3.69. The molecule has 1 aliphatic heterocycles. The zero-order valence-corrected chi connectivity index (χ0v) is 13.3. The smallest absolute Gasteiger partial charge is 0.123 e. The molecule has 1 aromatic carbocycles. The second-order valence-corrected chi connectivity index (χ2v) is 7.62. The number of fused-ring (bicyclic) bond motifs is 1. The van der Waals surface area contributed by atoms with Crippen molar-refractivity contribution >= 4 is 15.9 Å². The maximum Gasteiger partial charge on any atom is 0.123 e. The quantitative estimate of drug-likeness (QED) is 0.910. The minimum absolute atomic E-state index is 0.299. The molecule has 19 heavy (non-hydrogen) atoms. The van der Waals surface area contributed by atoms with Gasteiger partial charge in [0.1, 0.15) is 11.9 Å². The molecule has 1 heterocycles. The van der Waals surface area contributed by atoms with E-state index in [1.54, 1.807) is 0 Å². The van der Waals surface area contributed by atoms with Gasteiger partial charge in [-0.05, 0) is 48.4 Å². The first-order valence-corrected chi connectivity index (χ1v) is 8.00. The summed E-state index contributed by atoms with van der Waals surface area (Å²) >= 11 is 3.52. The molecule has 1 N–H and O–H groups in total. The van der Waals surface area contributed by atoms with E-state index >= 15 is 0 Å². The van der Waals surface area contributed by atoms with Crippen LogP contribution >= 0.6 is 15.9 Å². The monoisotopic (exact) mass is 323 g/mol. The van der Waals surface area contributed by atoms with E-state index in [0.717, 1.165) is 23.2 Å². The molecule has 0 radical (unpaired) electrons. The van der Waals surface area contributed by atoms with Crippen molar-refractivity contribution in [3.63, 3.8) is 0 Å². The Balaban J connectivity index is 1.51. The van der Waals surface area contributed by atoms with Crippen molar-refractivity contribution in [3.05, 3.63) is 28.2 Å². The van der Waals surface area contributed by atoms with Crippen LogP contribution in [0.5, 0.6) is 5.75 Å². The van der Waals surface area contributed by atoms with Crippen LogP contribution in [0.1, 0.15) is 38.7 Å². The third-order valence-electron chi connectivity index (χ3n) is 4.37. The molecule has 3 rings (SSSR count). The van der Waals surface area contributed by atoms with Gasteiger partial charge in [-0.1, -0.05) is 29.8 Å². The Morgan fingerprint density at radius 2 is 2.26 bits per heavy atom. The lowest BCUT2D eigenvalue weighted by molar-refractivity contribution is 0.219. The van der Waals surface area contributed by atoms with Crippen molar-refractivity contribution in [2.24, 2.45) is 5.41 Å². The molecular weight excluding hydrogens is 302 g/mol. The Bertz CT molecular complexity index is 472. The Kier molecular flexibility index (Phi) is 3.61. The summed E-state index contributed by atoms with van der Waals surface area (Å²) in [7, 11) is 0. The van der Waals surface area contributed by atoms with E-state index in [-0.39, 0.29) is 0 Å². The van der Waals surface area contributed by atoms with Crippen molar-refractivity contribution in [1.82, 2.24) is 5.32 Å². The standard InChI is InChI=1S/C16H22BrNO/c1-16(2)6-5-13(9-16)18-10-14-8-11-7-12(17)3-4-15(11)19-14/h3-4,7,13-14,18H,5-6,8-10H2,1-2H3. The average molecular weight is 324 g/mol. The number of hydrogen-bond donors (Lipinski definition) is 1. The van der Waals surface area contributed by atoms with Gasteiger partial charge in [0.15, 0.2) is 0 Å². The number of nitrogens with one attached hydrogen (secondary N) is 1. The lowest BCUT2D eigenvalue weighted by Crippen LogP contribution is -2.36. The predicted octanol–water partition coefficient (Wildman–Crippen LogP) is 3.92. The predicted molar refractivity (Wildman–Crippen MR) is 81.7 cm³/mol. The largest absolute Gasteiger partial charge is 0.488 e. The van der Waals surface area contributed by atoms with Crippen LogP contribution in [0.25, 0.3) is 0 Å². The van der Waals surface area contributed by atoms with Gasteiger partial charge in [0.05, 0.1) is 0 Å². The average Bonchev–Trinajstić information content (AvgIpc) is 2.89. The summed E-state index contributed by atoms with van der Waals surface area (Å²) in [5.41, 5.74) is 1.84.